The van der Waals surface area contributed by atoms with Crippen molar-refractivity contribution in [2.45, 2.75) is 45.6 Å². The van der Waals surface area contributed by atoms with Crippen molar-refractivity contribution >= 4 is 0 Å². The van der Waals surface area contributed by atoms with Gasteiger partial charge >= 0.3 is 0 Å². The first-order valence-electron chi connectivity index (χ1n) is 6.46. The van der Waals surface area contributed by atoms with Crippen molar-refractivity contribution < 1.29 is 0 Å². The SMILES string of the molecule is CNC(c1cc(C)cc(C)c1)C1CCCC1. The molecule has 1 unspecified atom stereocenters. The van der Waals surface area contributed by atoms with E-state index in [0.29, 0.717) is 6.04 Å². The summed E-state index contributed by atoms with van der Waals surface area (Å²) in [4.78, 5) is 0. The lowest BCUT2D eigenvalue weighted by molar-refractivity contribution is 0.390. The number of hydrogen-bond donors (Lipinski definition) is 1. The standard InChI is InChI=1S/C15H23N/c1-11-8-12(2)10-14(9-11)15(16-3)13-6-4-5-7-13/h8-10,13,15-16H,4-7H2,1-3H3. The van der Waals surface area contributed by atoms with Gasteiger partial charge in [-0.2, -0.15) is 0 Å². The lowest BCUT2D eigenvalue weighted by Gasteiger charge is -2.24. The second-order valence-electron chi connectivity index (χ2n) is 5.23. The molecule has 1 nitrogen and oxygen atoms in total. The predicted molar refractivity (Wildman–Crippen MR) is 69.7 cm³/mol. The molecule has 1 aliphatic rings. The number of aryl methyl sites for hydroxylation is 2. The molecule has 1 aromatic carbocycles. The molecule has 1 N–H and O–H groups in total. The van der Waals surface area contributed by atoms with Gasteiger partial charge in [0.1, 0.15) is 0 Å². The highest BCUT2D eigenvalue weighted by Gasteiger charge is 2.25. The number of hydrogen-bond acceptors (Lipinski definition) is 1. The fraction of sp³-hybridized carbons (Fsp3) is 0.600. The van der Waals surface area contributed by atoms with E-state index in [-0.39, 0.29) is 0 Å². The van der Waals surface area contributed by atoms with Gasteiger partial charge < -0.3 is 5.32 Å². The van der Waals surface area contributed by atoms with Gasteiger partial charge in [-0.3, -0.25) is 0 Å². The Bertz CT molecular complexity index is 330. The van der Waals surface area contributed by atoms with Crippen LogP contribution in [-0.2, 0) is 0 Å². The summed E-state index contributed by atoms with van der Waals surface area (Å²) < 4.78 is 0. The molecular formula is C15H23N. The second kappa shape index (κ2) is 5.01. The molecule has 1 fully saturated rings. The third-order valence-corrected chi connectivity index (χ3v) is 3.79. The molecule has 1 aromatic rings. The molecule has 0 saturated heterocycles. The zero-order valence-corrected chi connectivity index (χ0v) is 10.7. The van der Waals surface area contributed by atoms with Crippen molar-refractivity contribution in [3.8, 4) is 0 Å². The summed E-state index contributed by atoms with van der Waals surface area (Å²) in [6, 6.07) is 7.49. The molecule has 0 aromatic heterocycles. The number of nitrogens with one attached hydrogen (secondary N) is 1. The lowest BCUT2D eigenvalue weighted by atomic mass is 9.90. The minimum atomic E-state index is 0.557. The van der Waals surface area contributed by atoms with Crippen LogP contribution in [0.4, 0.5) is 0 Å². The van der Waals surface area contributed by atoms with E-state index in [1.807, 2.05) is 0 Å². The van der Waals surface area contributed by atoms with Crippen LogP contribution < -0.4 is 5.32 Å². The van der Waals surface area contributed by atoms with E-state index in [1.165, 1.54) is 42.4 Å². The monoisotopic (exact) mass is 217 g/mol. The van der Waals surface area contributed by atoms with Crippen molar-refractivity contribution in [2.24, 2.45) is 5.92 Å². The molecule has 88 valence electrons. The van der Waals surface area contributed by atoms with Crippen molar-refractivity contribution in [3.63, 3.8) is 0 Å². The maximum atomic E-state index is 3.51. The van der Waals surface area contributed by atoms with Gasteiger partial charge in [0.05, 0.1) is 0 Å². The Kier molecular flexibility index (Phi) is 3.65. The van der Waals surface area contributed by atoms with Crippen LogP contribution in [0.5, 0.6) is 0 Å². The smallest absolute Gasteiger partial charge is 0.0346 e. The molecule has 0 bridgehead atoms. The molecule has 0 radical (unpaired) electrons. The highest BCUT2D eigenvalue weighted by atomic mass is 14.9. The molecular weight excluding hydrogens is 194 g/mol. The van der Waals surface area contributed by atoms with Crippen LogP contribution in [0.3, 0.4) is 0 Å². The Morgan fingerprint density at radius 3 is 2.12 bits per heavy atom. The average molecular weight is 217 g/mol. The molecule has 0 aliphatic heterocycles. The van der Waals surface area contributed by atoms with Crippen LogP contribution in [0.2, 0.25) is 0 Å². The van der Waals surface area contributed by atoms with Crippen LogP contribution in [0.25, 0.3) is 0 Å². The molecule has 2 rings (SSSR count). The molecule has 0 heterocycles. The maximum absolute atomic E-state index is 3.51. The summed E-state index contributed by atoms with van der Waals surface area (Å²) in [5, 5.41) is 3.51. The third kappa shape index (κ3) is 2.46. The van der Waals surface area contributed by atoms with Gasteiger partial charge in [0.2, 0.25) is 0 Å². The zero-order valence-electron chi connectivity index (χ0n) is 10.7. The minimum Gasteiger partial charge on any atom is -0.313 e. The molecule has 1 heteroatoms. The van der Waals surface area contributed by atoms with E-state index in [0.717, 1.165) is 5.92 Å². The zero-order chi connectivity index (χ0) is 11.5. The fourth-order valence-corrected chi connectivity index (χ4v) is 3.15. The second-order valence-corrected chi connectivity index (χ2v) is 5.23. The van der Waals surface area contributed by atoms with Gasteiger partial charge in [0, 0.05) is 6.04 Å². The van der Waals surface area contributed by atoms with Crippen molar-refractivity contribution in [1.82, 2.24) is 5.32 Å². The Labute approximate surface area is 99.3 Å². The van der Waals surface area contributed by atoms with Gasteiger partial charge in [-0.25, -0.2) is 0 Å². The Hall–Kier alpha value is -0.820. The first kappa shape index (κ1) is 11.7. The predicted octanol–water partition coefficient (Wildman–Crippen LogP) is 3.75. The van der Waals surface area contributed by atoms with Crippen LogP contribution in [-0.4, -0.2) is 7.05 Å². The van der Waals surface area contributed by atoms with Gasteiger partial charge in [0.25, 0.3) is 0 Å². The van der Waals surface area contributed by atoms with Gasteiger partial charge in [-0.1, -0.05) is 42.2 Å². The molecule has 1 saturated carbocycles. The van der Waals surface area contributed by atoms with E-state index in [2.05, 4.69) is 44.4 Å². The summed E-state index contributed by atoms with van der Waals surface area (Å²) in [6.07, 6.45) is 5.60. The summed E-state index contributed by atoms with van der Waals surface area (Å²) >= 11 is 0. The number of rotatable bonds is 3. The molecule has 0 amide bonds. The Morgan fingerprint density at radius 2 is 1.62 bits per heavy atom. The molecule has 0 spiro atoms. The van der Waals surface area contributed by atoms with Crippen molar-refractivity contribution in [3.05, 3.63) is 34.9 Å². The minimum absolute atomic E-state index is 0.557. The third-order valence-electron chi connectivity index (χ3n) is 3.79. The quantitative estimate of drug-likeness (QED) is 0.813. The molecule has 16 heavy (non-hydrogen) atoms. The fourth-order valence-electron chi connectivity index (χ4n) is 3.15. The van der Waals surface area contributed by atoms with Gasteiger partial charge in [-0.15, -0.1) is 0 Å². The van der Waals surface area contributed by atoms with Gasteiger partial charge in [-0.05, 0) is 45.2 Å². The van der Waals surface area contributed by atoms with Crippen LogP contribution in [0, 0.1) is 19.8 Å². The normalized spacial score (nSPS) is 18.9. The van der Waals surface area contributed by atoms with Crippen LogP contribution >= 0.6 is 0 Å². The topological polar surface area (TPSA) is 12.0 Å². The van der Waals surface area contributed by atoms with E-state index < -0.39 is 0 Å². The van der Waals surface area contributed by atoms with E-state index in [9.17, 15) is 0 Å². The first-order valence-corrected chi connectivity index (χ1v) is 6.46. The van der Waals surface area contributed by atoms with Gasteiger partial charge in [0.15, 0.2) is 0 Å². The summed E-state index contributed by atoms with van der Waals surface area (Å²) in [7, 11) is 2.10. The van der Waals surface area contributed by atoms with E-state index in [4.69, 9.17) is 0 Å². The Morgan fingerprint density at radius 1 is 1.06 bits per heavy atom. The molecule has 1 aliphatic carbocycles. The highest BCUT2D eigenvalue weighted by Crippen LogP contribution is 2.35. The summed E-state index contributed by atoms with van der Waals surface area (Å²) in [5.41, 5.74) is 4.24. The van der Waals surface area contributed by atoms with E-state index >= 15 is 0 Å². The van der Waals surface area contributed by atoms with Crippen molar-refractivity contribution in [2.75, 3.05) is 7.05 Å². The molecule has 1 atom stereocenters. The summed E-state index contributed by atoms with van der Waals surface area (Å²) in [6.45, 7) is 4.38. The highest BCUT2D eigenvalue weighted by molar-refractivity contribution is 5.31. The Balaban J connectivity index is 2.24. The largest absolute Gasteiger partial charge is 0.313 e. The van der Waals surface area contributed by atoms with Crippen molar-refractivity contribution in [1.29, 1.82) is 0 Å². The average Bonchev–Trinajstić information content (AvgIpc) is 2.70. The van der Waals surface area contributed by atoms with Crippen LogP contribution in [0.15, 0.2) is 18.2 Å². The lowest BCUT2D eigenvalue weighted by Crippen LogP contribution is -2.23. The summed E-state index contributed by atoms with van der Waals surface area (Å²) in [5.74, 6) is 0.839. The van der Waals surface area contributed by atoms with Crippen LogP contribution in [0.1, 0.15) is 48.4 Å². The van der Waals surface area contributed by atoms with E-state index in [1.54, 1.807) is 0 Å². The first-order chi connectivity index (χ1) is 7.70. The number of benzene rings is 1. The maximum Gasteiger partial charge on any atom is 0.0346 e.